The summed E-state index contributed by atoms with van der Waals surface area (Å²) in [6.07, 6.45) is 3.36. The average Bonchev–Trinajstić information content (AvgIpc) is 3.32. The fourth-order valence-electron chi connectivity index (χ4n) is 3.91. The van der Waals surface area contributed by atoms with Crippen LogP contribution in [0.2, 0.25) is 0 Å². The van der Waals surface area contributed by atoms with Crippen LogP contribution in [0.4, 0.5) is 11.5 Å². The first kappa shape index (κ1) is 19.0. The zero-order chi connectivity index (χ0) is 20.4. The highest BCUT2D eigenvalue weighted by Crippen LogP contribution is 2.30. The highest BCUT2D eigenvalue weighted by atomic mass is 16.5. The standard InChI is InChI=1S/C22H25N5O2/c1-4-18-17(22(29-3)26(2)25-18)14-24-20-16(9-7-12-23-20)21(28)27-13-11-15-8-5-6-10-19(15)27/h5-10,12H,4,11,13-14H2,1-3H3,(H,23,24). The average molecular weight is 391 g/mol. The van der Waals surface area contributed by atoms with Gasteiger partial charge < -0.3 is 15.0 Å². The second kappa shape index (κ2) is 7.95. The number of aromatic nitrogens is 3. The van der Waals surface area contributed by atoms with Crippen LogP contribution in [0.15, 0.2) is 42.6 Å². The van der Waals surface area contributed by atoms with Crippen molar-refractivity contribution in [1.29, 1.82) is 0 Å². The van der Waals surface area contributed by atoms with Crippen LogP contribution in [0.3, 0.4) is 0 Å². The van der Waals surface area contributed by atoms with E-state index in [4.69, 9.17) is 4.74 Å². The lowest BCUT2D eigenvalue weighted by atomic mass is 10.1. The summed E-state index contributed by atoms with van der Waals surface area (Å²) < 4.78 is 7.25. The Bertz CT molecular complexity index is 1040. The monoisotopic (exact) mass is 391 g/mol. The van der Waals surface area contributed by atoms with Gasteiger partial charge in [-0.15, -0.1) is 0 Å². The molecule has 0 saturated heterocycles. The zero-order valence-corrected chi connectivity index (χ0v) is 17.0. The van der Waals surface area contributed by atoms with Gasteiger partial charge in [-0.1, -0.05) is 25.1 Å². The van der Waals surface area contributed by atoms with Gasteiger partial charge in [-0.25, -0.2) is 9.67 Å². The van der Waals surface area contributed by atoms with Gasteiger partial charge in [0.1, 0.15) is 5.82 Å². The van der Waals surface area contributed by atoms with Crippen molar-refractivity contribution in [3.05, 3.63) is 65.0 Å². The molecule has 0 radical (unpaired) electrons. The van der Waals surface area contributed by atoms with Gasteiger partial charge >= 0.3 is 0 Å². The highest BCUT2D eigenvalue weighted by Gasteiger charge is 2.27. The van der Waals surface area contributed by atoms with Crippen LogP contribution in [0.1, 0.15) is 34.1 Å². The number of hydrogen-bond acceptors (Lipinski definition) is 5. The number of hydrogen-bond donors (Lipinski definition) is 1. The molecule has 0 aliphatic carbocycles. The van der Waals surface area contributed by atoms with Crippen LogP contribution >= 0.6 is 0 Å². The van der Waals surface area contributed by atoms with Crippen LogP contribution in [0.5, 0.6) is 5.88 Å². The Morgan fingerprint density at radius 3 is 2.86 bits per heavy atom. The first-order valence-corrected chi connectivity index (χ1v) is 9.81. The van der Waals surface area contributed by atoms with E-state index in [1.54, 1.807) is 24.1 Å². The summed E-state index contributed by atoms with van der Waals surface area (Å²) in [5.74, 6) is 1.24. The molecule has 7 nitrogen and oxygen atoms in total. The number of rotatable bonds is 6. The van der Waals surface area contributed by atoms with Gasteiger partial charge in [0.05, 0.1) is 23.9 Å². The van der Waals surface area contributed by atoms with Crippen LogP contribution in [0.25, 0.3) is 0 Å². The molecule has 0 fully saturated rings. The van der Waals surface area contributed by atoms with Crippen molar-refractivity contribution in [3.8, 4) is 5.88 Å². The molecule has 0 spiro atoms. The molecule has 0 saturated carbocycles. The van der Waals surface area contributed by atoms with E-state index in [2.05, 4.69) is 28.4 Å². The maximum atomic E-state index is 13.3. The molecule has 1 N–H and O–H groups in total. The van der Waals surface area contributed by atoms with E-state index in [1.807, 2.05) is 36.2 Å². The van der Waals surface area contributed by atoms with Gasteiger partial charge in [0, 0.05) is 32.0 Å². The first-order chi connectivity index (χ1) is 14.1. The lowest BCUT2D eigenvalue weighted by Gasteiger charge is -2.19. The molecule has 1 amide bonds. The van der Waals surface area contributed by atoms with Crippen molar-refractivity contribution in [3.63, 3.8) is 0 Å². The van der Waals surface area contributed by atoms with Crippen molar-refractivity contribution in [2.45, 2.75) is 26.3 Å². The van der Waals surface area contributed by atoms with Crippen molar-refractivity contribution in [1.82, 2.24) is 14.8 Å². The summed E-state index contributed by atoms with van der Waals surface area (Å²) in [7, 11) is 3.50. The molecular weight excluding hydrogens is 366 g/mol. The molecular formula is C22H25N5O2. The van der Waals surface area contributed by atoms with E-state index in [0.717, 1.165) is 29.8 Å². The second-order valence-corrected chi connectivity index (χ2v) is 7.00. The van der Waals surface area contributed by atoms with Crippen LogP contribution in [-0.2, 0) is 26.4 Å². The molecule has 29 heavy (non-hydrogen) atoms. The molecule has 1 aliphatic rings. The van der Waals surface area contributed by atoms with Crippen LogP contribution in [0, 0.1) is 0 Å². The fraction of sp³-hybridized carbons (Fsp3) is 0.318. The summed E-state index contributed by atoms with van der Waals surface area (Å²) in [5, 5.41) is 7.84. The highest BCUT2D eigenvalue weighted by molar-refractivity contribution is 6.10. The number of aryl methyl sites for hydroxylation is 2. The Morgan fingerprint density at radius 2 is 2.07 bits per heavy atom. The number of nitrogens with one attached hydrogen (secondary N) is 1. The lowest BCUT2D eigenvalue weighted by molar-refractivity contribution is 0.0990. The molecule has 3 aromatic rings. The third kappa shape index (κ3) is 3.44. The van der Waals surface area contributed by atoms with E-state index in [9.17, 15) is 4.79 Å². The number of anilines is 2. The summed E-state index contributed by atoms with van der Waals surface area (Å²) in [6, 6.07) is 11.7. The Balaban J connectivity index is 1.60. The minimum absolute atomic E-state index is 0.0422. The molecule has 4 rings (SSSR count). The number of carbonyl (C=O) groups excluding carboxylic acids is 1. The van der Waals surface area contributed by atoms with Gasteiger partial charge in [0.15, 0.2) is 0 Å². The normalized spacial score (nSPS) is 12.7. The van der Waals surface area contributed by atoms with Gasteiger partial charge in [-0.2, -0.15) is 5.10 Å². The Labute approximate surface area is 170 Å². The number of benzene rings is 1. The van der Waals surface area contributed by atoms with Crippen molar-refractivity contribution >= 4 is 17.4 Å². The van der Waals surface area contributed by atoms with Crippen LogP contribution < -0.4 is 15.0 Å². The summed E-state index contributed by atoms with van der Waals surface area (Å²) in [4.78, 5) is 19.6. The third-order valence-electron chi connectivity index (χ3n) is 5.30. The largest absolute Gasteiger partial charge is 0.481 e. The molecule has 7 heteroatoms. The van der Waals surface area contributed by atoms with Gasteiger partial charge in [0.2, 0.25) is 5.88 Å². The number of carbonyl (C=O) groups is 1. The quantitative estimate of drug-likeness (QED) is 0.699. The maximum absolute atomic E-state index is 13.3. The van der Waals surface area contributed by atoms with E-state index >= 15 is 0 Å². The number of ether oxygens (including phenoxy) is 1. The van der Waals surface area contributed by atoms with Crippen molar-refractivity contribution in [2.24, 2.45) is 7.05 Å². The maximum Gasteiger partial charge on any atom is 0.262 e. The smallest absolute Gasteiger partial charge is 0.262 e. The van der Waals surface area contributed by atoms with Crippen LogP contribution in [-0.4, -0.2) is 34.3 Å². The topological polar surface area (TPSA) is 72.3 Å². The van der Waals surface area contributed by atoms with E-state index in [-0.39, 0.29) is 5.91 Å². The Morgan fingerprint density at radius 1 is 1.24 bits per heavy atom. The second-order valence-electron chi connectivity index (χ2n) is 7.00. The number of fused-ring (bicyclic) bond motifs is 1. The predicted octanol–water partition coefficient (Wildman–Crippen LogP) is 3.20. The van der Waals surface area contributed by atoms with Gasteiger partial charge in [-0.3, -0.25) is 4.79 Å². The predicted molar refractivity (Wildman–Crippen MR) is 113 cm³/mol. The van der Waals surface area contributed by atoms with Gasteiger partial charge in [-0.05, 0) is 36.6 Å². The molecule has 1 aliphatic heterocycles. The van der Waals surface area contributed by atoms with E-state index < -0.39 is 0 Å². The third-order valence-corrected chi connectivity index (χ3v) is 5.30. The molecule has 0 unspecified atom stereocenters. The molecule has 150 valence electrons. The Hall–Kier alpha value is -3.35. The molecule has 2 aromatic heterocycles. The minimum Gasteiger partial charge on any atom is -0.481 e. The number of methoxy groups -OCH3 is 1. The summed E-state index contributed by atoms with van der Waals surface area (Å²) in [6.45, 7) is 3.23. The SMILES string of the molecule is CCc1nn(C)c(OC)c1CNc1ncccc1C(=O)N1CCc2ccccc21. The van der Waals surface area contributed by atoms with Gasteiger partial charge in [0.25, 0.3) is 5.91 Å². The molecule has 3 heterocycles. The van der Waals surface area contributed by atoms with Crippen molar-refractivity contribution in [2.75, 3.05) is 23.9 Å². The summed E-state index contributed by atoms with van der Waals surface area (Å²) in [5.41, 5.74) is 4.69. The van der Waals surface area contributed by atoms with Crippen molar-refractivity contribution < 1.29 is 9.53 Å². The van der Waals surface area contributed by atoms with E-state index in [1.165, 1.54) is 5.56 Å². The van der Waals surface area contributed by atoms with E-state index in [0.29, 0.717) is 30.4 Å². The lowest BCUT2D eigenvalue weighted by Crippen LogP contribution is -2.29. The molecule has 0 atom stereocenters. The number of nitrogens with zero attached hydrogens (tertiary/aromatic N) is 4. The molecule has 1 aromatic carbocycles. The number of pyridine rings is 1. The Kier molecular flexibility index (Phi) is 5.20. The summed E-state index contributed by atoms with van der Waals surface area (Å²) >= 11 is 0. The minimum atomic E-state index is -0.0422. The number of para-hydroxylation sites is 1. The fourth-order valence-corrected chi connectivity index (χ4v) is 3.91. The molecule has 0 bridgehead atoms. The zero-order valence-electron chi connectivity index (χ0n) is 17.0. The first-order valence-electron chi connectivity index (χ1n) is 9.81. The number of amides is 1.